The van der Waals surface area contributed by atoms with Crippen LogP contribution >= 0.6 is 0 Å². The molecule has 156 valence electrons. The van der Waals surface area contributed by atoms with Crippen LogP contribution in [-0.2, 0) is 9.53 Å². The summed E-state index contributed by atoms with van der Waals surface area (Å²) in [5.41, 5.74) is 7.11. The van der Waals surface area contributed by atoms with Crippen molar-refractivity contribution >= 4 is 12.0 Å². The molecule has 2 aromatic carbocycles. The third kappa shape index (κ3) is 6.43. The van der Waals surface area contributed by atoms with Crippen LogP contribution in [0.4, 0.5) is 4.79 Å². The zero-order valence-electron chi connectivity index (χ0n) is 17.8. The van der Waals surface area contributed by atoms with Crippen molar-refractivity contribution in [3.8, 4) is 0 Å². The van der Waals surface area contributed by atoms with Crippen LogP contribution in [-0.4, -0.2) is 28.5 Å². The van der Waals surface area contributed by atoms with Crippen LogP contribution in [0.3, 0.4) is 0 Å². The Morgan fingerprint density at radius 1 is 0.966 bits per heavy atom. The number of carbonyl (C=O) groups excluding carboxylic acids is 2. The quantitative estimate of drug-likeness (QED) is 0.710. The van der Waals surface area contributed by atoms with E-state index in [0.29, 0.717) is 6.42 Å². The van der Waals surface area contributed by atoms with Crippen LogP contribution < -0.4 is 5.73 Å². The standard InChI is InChI=1S/C24H32N2O3/c1-5-6-17-20(25)22(27)26(23(28)29-24(2,3)4)21(18-13-9-7-10-14-18)19-15-11-8-12-16-19/h7-16,20-21H,5-6,17,25H2,1-4H3/t20-/m0/s1. The molecule has 0 bridgehead atoms. The van der Waals surface area contributed by atoms with Gasteiger partial charge in [0.05, 0.1) is 12.1 Å². The molecule has 2 N–H and O–H groups in total. The van der Waals surface area contributed by atoms with Crippen molar-refractivity contribution < 1.29 is 14.3 Å². The van der Waals surface area contributed by atoms with Gasteiger partial charge in [-0.1, -0.05) is 80.4 Å². The van der Waals surface area contributed by atoms with Crippen LogP contribution in [0, 0.1) is 0 Å². The Morgan fingerprint density at radius 2 is 1.45 bits per heavy atom. The van der Waals surface area contributed by atoms with Gasteiger partial charge in [0.15, 0.2) is 0 Å². The van der Waals surface area contributed by atoms with Crippen molar-refractivity contribution in [1.29, 1.82) is 0 Å². The van der Waals surface area contributed by atoms with E-state index in [1.165, 1.54) is 4.90 Å². The van der Waals surface area contributed by atoms with Gasteiger partial charge in [-0.15, -0.1) is 0 Å². The Morgan fingerprint density at radius 3 is 1.86 bits per heavy atom. The summed E-state index contributed by atoms with van der Waals surface area (Å²) in [5.74, 6) is -0.426. The maximum Gasteiger partial charge on any atom is 0.417 e. The summed E-state index contributed by atoms with van der Waals surface area (Å²) in [7, 11) is 0. The van der Waals surface area contributed by atoms with Crippen molar-refractivity contribution in [3.63, 3.8) is 0 Å². The zero-order chi connectivity index (χ0) is 21.4. The Bertz CT molecular complexity index is 745. The summed E-state index contributed by atoms with van der Waals surface area (Å²) in [6.45, 7) is 7.39. The molecule has 0 aliphatic rings. The molecule has 0 unspecified atom stereocenters. The lowest BCUT2D eigenvalue weighted by Crippen LogP contribution is -2.50. The SMILES string of the molecule is CCCC[C@H](N)C(=O)N(C(=O)OC(C)(C)C)C(c1ccccc1)c1ccccc1. The molecule has 2 amide bonds. The molecule has 0 fully saturated rings. The van der Waals surface area contributed by atoms with Gasteiger partial charge in [0, 0.05) is 0 Å². The summed E-state index contributed by atoms with van der Waals surface area (Å²) >= 11 is 0. The number of imide groups is 1. The molecule has 0 radical (unpaired) electrons. The normalized spacial score (nSPS) is 12.5. The largest absolute Gasteiger partial charge is 0.443 e. The van der Waals surface area contributed by atoms with Crippen molar-refractivity contribution in [3.05, 3.63) is 71.8 Å². The highest BCUT2D eigenvalue weighted by Gasteiger charge is 2.37. The van der Waals surface area contributed by atoms with Gasteiger partial charge in [-0.25, -0.2) is 9.69 Å². The second-order valence-corrected chi connectivity index (χ2v) is 8.16. The molecule has 5 nitrogen and oxygen atoms in total. The molecule has 0 heterocycles. The Labute approximate surface area is 173 Å². The molecule has 0 saturated heterocycles. The first-order valence-corrected chi connectivity index (χ1v) is 10.2. The minimum atomic E-state index is -0.766. The van der Waals surface area contributed by atoms with E-state index < -0.39 is 29.7 Å². The number of hydrogen-bond donors (Lipinski definition) is 1. The van der Waals surface area contributed by atoms with E-state index in [9.17, 15) is 9.59 Å². The van der Waals surface area contributed by atoms with Crippen LogP contribution in [0.25, 0.3) is 0 Å². The molecule has 0 aliphatic heterocycles. The molecule has 5 heteroatoms. The highest BCUT2D eigenvalue weighted by Crippen LogP contribution is 2.31. The zero-order valence-corrected chi connectivity index (χ0v) is 17.8. The van der Waals surface area contributed by atoms with E-state index in [1.807, 2.05) is 67.6 Å². The van der Waals surface area contributed by atoms with E-state index in [-0.39, 0.29) is 0 Å². The smallest absolute Gasteiger partial charge is 0.417 e. The lowest BCUT2D eigenvalue weighted by atomic mass is 9.96. The fourth-order valence-electron chi connectivity index (χ4n) is 3.12. The first-order valence-electron chi connectivity index (χ1n) is 10.2. The maximum absolute atomic E-state index is 13.4. The average molecular weight is 397 g/mol. The van der Waals surface area contributed by atoms with Gasteiger partial charge in [-0.3, -0.25) is 4.79 Å². The summed E-state index contributed by atoms with van der Waals surface area (Å²) in [6, 6.07) is 17.6. The third-order valence-electron chi connectivity index (χ3n) is 4.50. The highest BCUT2D eigenvalue weighted by atomic mass is 16.6. The fourth-order valence-corrected chi connectivity index (χ4v) is 3.12. The Kier molecular flexibility index (Phi) is 7.97. The predicted octanol–water partition coefficient (Wildman–Crippen LogP) is 5.06. The van der Waals surface area contributed by atoms with E-state index in [2.05, 4.69) is 0 Å². The minimum Gasteiger partial charge on any atom is -0.443 e. The van der Waals surface area contributed by atoms with Gasteiger partial charge in [0.1, 0.15) is 5.60 Å². The van der Waals surface area contributed by atoms with Gasteiger partial charge < -0.3 is 10.5 Å². The molecule has 2 aromatic rings. The number of carbonyl (C=O) groups is 2. The lowest BCUT2D eigenvalue weighted by molar-refractivity contribution is -0.133. The third-order valence-corrected chi connectivity index (χ3v) is 4.50. The second kappa shape index (κ2) is 10.2. The lowest BCUT2D eigenvalue weighted by Gasteiger charge is -2.34. The summed E-state index contributed by atoms with van der Waals surface area (Å²) < 4.78 is 5.61. The number of ether oxygens (including phenoxy) is 1. The second-order valence-electron chi connectivity index (χ2n) is 8.16. The number of nitrogens with zero attached hydrogens (tertiary/aromatic N) is 1. The fraction of sp³-hybridized carbons (Fsp3) is 0.417. The summed E-state index contributed by atoms with van der Waals surface area (Å²) in [6.07, 6.45) is 1.57. The van der Waals surface area contributed by atoms with Crippen molar-refractivity contribution in [1.82, 2.24) is 4.90 Å². The van der Waals surface area contributed by atoms with Crippen LogP contribution in [0.15, 0.2) is 60.7 Å². The summed E-state index contributed by atoms with van der Waals surface area (Å²) in [5, 5.41) is 0. The van der Waals surface area contributed by atoms with E-state index in [4.69, 9.17) is 10.5 Å². The van der Waals surface area contributed by atoms with Crippen LogP contribution in [0.2, 0.25) is 0 Å². The predicted molar refractivity (Wildman–Crippen MR) is 115 cm³/mol. The molecular weight excluding hydrogens is 364 g/mol. The van der Waals surface area contributed by atoms with Gasteiger partial charge in [-0.2, -0.15) is 0 Å². The number of unbranched alkanes of at least 4 members (excludes halogenated alkanes) is 1. The molecule has 0 saturated carbocycles. The van der Waals surface area contributed by atoms with E-state index in [1.54, 1.807) is 20.8 Å². The topological polar surface area (TPSA) is 72.6 Å². The van der Waals surface area contributed by atoms with Crippen LogP contribution in [0.1, 0.15) is 64.1 Å². The number of nitrogens with two attached hydrogens (primary N) is 1. The van der Waals surface area contributed by atoms with E-state index >= 15 is 0 Å². The Hall–Kier alpha value is -2.66. The van der Waals surface area contributed by atoms with Crippen molar-refractivity contribution in [2.24, 2.45) is 5.73 Å². The van der Waals surface area contributed by atoms with Gasteiger partial charge in [-0.05, 0) is 38.3 Å². The molecule has 29 heavy (non-hydrogen) atoms. The maximum atomic E-state index is 13.4. The first kappa shape index (κ1) is 22.6. The molecule has 0 aromatic heterocycles. The molecule has 1 atom stereocenters. The number of benzene rings is 2. The molecule has 2 rings (SSSR count). The van der Waals surface area contributed by atoms with Crippen molar-refractivity contribution in [2.75, 3.05) is 0 Å². The van der Waals surface area contributed by atoms with Gasteiger partial charge >= 0.3 is 6.09 Å². The van der Waals surface area contributed by atoms with Gasteiger partial charge in [0.2, 0.25) is 5.91 Å². The number of amides is 2. The molecule has 0 spiro atoms. The van der Waals surface area contributed by atoms with Crippen LogP contribution in [0.5, 0.6) is 0 Å². The number of rotatable bonds is 7. The number of hydrogen-bond acceptors (Lipinski definition) is 4. The minimum absolute atomic E-state index is 0.426. The summed E-state index contributed by atoms with van der Waals surface area (Å²) in [4.78, 5) is 27.7. The first-order chi connectivity index (χ1) is 13.7. The highest BCUT2D eigenvalue weighted by molar-refractivity contribution is 5.96. The average Bonchev–Trinajstić information content (AvgIpc) is 2.69. The molecular formula is C24H32N2O3. The van der Waals surface area contributed by atoms with E-state index in [0.717, 1.165) is 24.0 Å². The van der Waals surface area contributed by atoms with Gasteiger partial charge in [0.25, 0.3) is 0 Å². The Balaban J connectivity index is 2.54. The molecule has 0 aliphatic carbocycles. The van der Waals surface area contributed by atoms with Crippen molar-refractivity contribution in [2.45, 2.75) is 64.6 Å². The monoisotopic (exact) mass is 396 g/mol.